The van der Waals surface area contributed by atoms with Crippen molar-refractivity contribution in [1.29, 1.82) is 0 Å². The van der Waals surface area contributed by atoms with Gasteiger partial charge in [-0.05, 0) is 12.8 Å². The maximum Gasteiger partial charge on any atom is 0.413 e. The van der Waals surface area contributed by atoms with Crippen molar-refractivity contribution in [2.24, 2.45) is 0 Å². The van der Waals surface area contributed by atoms with Gasteiger partial charge in [-0.15, -0.1) is 5.10 Å². The van der Waals surface area contributed by atoms with E-state index in [-0.39, 0.29) is 24.8 Å². The Hall–Kier alpha value is -2.45. The summed E-state index contributed by atoms with van der Waals surface area (Å²) in [7, 11) is 0. The van der Waals surface area contributed by atoms with E-state index in [1.54, 1.807) is 20.8 Å². The first-order valence-electron chi connectivity index (χ1n) is 6.00. The van der Waals surface area contributed by atoms with E-state index in [0.29, 0.717) is 5.69 Å². The molecule has 0 unspecified atom stereocenters. The number of carbonyl (C=O) groups is 3. The van der Waals surface area contributed by atoms with Gasteiger partial charge < -0.3 is 9.84 Å². The molecule has 0 spiro atoms. The number of alkyl carbamates (subject to hydrolysis) is 1. The zero-order valence-corrected chi connectivity index (χ0v) is 11.4. The van der Waals surface area contributed by atoms with Gasteiger partial charge in [0.05, 0.1) is 12.3 Å². The molecule has 1 aromatic heterocycles. The number of aromatic nitrogens is 3. The minimum Gasteiger partial charge on any atom is -0.476 e. The minimum absolute atomic E-state index is 0.142. The van der Waals surface area contributed by atoms with Gasteiger partial charge in [-0.25, -0.2) is 14.3 Å². The van der Waals surface area contributed by atoms with Crippen LogP contribution in [0.25, 0.3) is 0 Å². The number of carboxylic acids is 1. The number of ether oxygens (including phenoxy) is 1. The third kappa shape index (κ3) is 3.77. The lowest BCUT2D eigenvalue weighted by Crippen LogP contribution is -2.34. The van der Waals surface area contributed by atoms with Crippen LogP contribution in [0, 0.1) is 0 Å². The molecule has 0 aliphatic rings. The minimum atomic E-state index is -1.22. The molecule has 2 amide bonds. The Bertz CT molecular complexity index is 523. The van der Waals surface area contributed by atoms with Crippen LogP contribution in [0.2, 0.25) is 0 Å². The largest absolute Gasteiger partial charge is 0.476 e. The lowest BCUT2D eigenvalue weighted by atomic mass is 10.1. The molecule has 1 aromatic rings. The summed E-state index contributed by atoms with van der Waals surface area (Å²) in [5, 5.41) is 18.1. The Kier molecular flexibility index (Phi) is 5.18. The molecule has 0 aliphatic heterocycles. The van der Waals surface area contributed by atoms with Crippen LogP contribution in [0.1, 0.15) is 42.9 Å². The topological polar surface area (TPSA) is 123 Å². The molecule has 1 heterocycles. The number of amides is 2. The first-order chi connectivity index (χ1) is 9.36. The normalized spacial score (nSPS) is 10.4. The van der Waals surface area contributed by atoms with Crippen molar-refractivity contribution in [1.82, 2.24) is 20.3 Å². The van der Waals surface area contributed by atoms with Crippen molar-refractivity contribution in [3.8, 4) is 0 Å². The van der Waals surface area contributed by atoms with Gasteiger partial charge in [-0.1, -0.05) is 19.1 Å². The summed E-state index contributed by atoms with van der Waals surface area (Å²) >= 11 is 0. The van der Waals surface area contributed by atoms with Crippen molar-refractivity contribution >= 4 is 18.0 Å². The molecule has 0 radical (unpaired) electrons. The predicted molar refractivity (Wildman–Crippen MR) is 66.2 cm³/mol. The van der Waals surface area contributed by atoms with Crippen molar-refractivity contribution in [3.63, 3.8) is 0 Å². The number of nitrogens with zero attached hydrogens (tertiary/aromatic N) is 3. The lowest BCUT2D eigenvalue weighted by Gasteiger charge is -2.09. The summed E-state index contributed by atoms with van der Waals surface area (Å²) < 4.78 is 5.72. The molecule has 9 heteroatoms. The third-order valence-corrected chi connectivity index (χ3v) is 2.33. The van der Waals surface area contributed by atoms with E-state index < -0.39 is 18.0 Å². The lowest BCUT2D eigenvalue weighted by molar-refractivity contribution is -0.121. The van der Waals surface area contributed by atoms with Gasteiger partial charge in [-0.3, -0.25) is 10.1 Å². The zero-order valence-electron chi connectivity index (χ0n) is 11.4. The average Bonchev–Trinajstić information content (AvgIpc) is 2.72. The molecular weight excluding hydrogens is 268 g/mol. The molecule has 0 saturated carbocycles. The van der Waals surface area contributed by atoms with E-state index in [1.165, 1.54) is 0 Å². The molecule has 110 valence electrons. The third-order valence-electron chi connectivity index (χ3n) is 2.33. The molecule has 9 nitrogen and oxygen atoms in total. The number of carbonyl (C=O) groups excluding carboxylic acids is 2. The first kappa shape index (κ1) is 15.6. The SMILES string of the molecule is CCOC(=O)NC(=O)Cn1nnc(C(=O)O)c1C(C)C. The van der Waals surface area contributed by atoms with Gasteiger partial charge in [-0.2, -0.15) is 0 Å². The molecule has 20 heavy (non-hydrogen) atoms. The van der Waals surface area contributed by atoms with Crippen LogP contribution in [0.4, 0.5) is 4.79 Å². The monoisotopic (exact) mass is 284 g/mol. The zero-order chi connectivity index (χ0) is 15.3. The quantitative estimate of drug-likeness (QED) is 0.800. The Morgan fingerprint density at radius 2 is 2.05 bits per heavy atom. The summed E-state index contributed by atoms with van der Waals surface area (Å²) in [6.07, 6.45) is -0.859. The average molecular weight is 284 g/mol. The van der Waals surface area contributed by atoms with Crippen LogP contribution in [0.15, 0.2) is 0 Å². The summed E-state index contributed by atoms with van der Waals surface area (Å²) in [4.78, 5) is 33.7. The summed E-state index contributed by atoms with van der Waals surface area (Å²) in [5.74, 6) is -2.07. The summed E-state index contributed by atoms with van der Waals surface area (Å²) in [6.45, 7) is 4.95. The number of hydrogen-bond donors (Lipinski definition) is 2. The number of aromatic carboxylic acids is 1. The van der Waals surface area contributed by atoms with Gasteiger partial charge in [0.25, 0.3) is 5.91 Å². The standard InChI is InChI=1S/C11H16N4O5/c1-4-20-11(19)12-7(16)5-15-9(6(2)3)8(10(17)18)13-14-15/h6H,4-5H2,1-3H3,(H,17,18)(H,12,16,19). The maximum absolute atomic E-state index is 11.6. The van der Waals surface area contributed by atoms with Crippen molar-refractivity contribution in [3.05, 3.63) is 11.4 Å². The molecule has 0 saturated heterocycles. The molecule has 1 rings (SSSR count). The second kappa shape index (κ2) is 6.64. The second-order valence-corrected chi connectivity index (χ2v) is 4.21. The van der Waals surface area contributed by atoms with Crippen molar-refractivity contribution in [2.45, 2.75) is 33.2 Å². The smallest absolute Gasteiger partial charge is 0.413 e. The van der Waals surface area contributed by atoms with Crippen LogP contribution in [-0.4, -0.2) is 44.7 Å². The second-order valence-electron chi connectivity index (χ2n) is 4.21. The molecule has 0 aromatic carbocycles. The highest BCUT2D eigenvalue weighted by molar-refractivity contribution is 5.92. The van der Waals surface area contributed by atoms with E-state index in [2.05, 4.69) is 15.0 Å². The Morgan fingerprint density at radius 3 is 2.55 bits per heavy atom. The van der Waals surface area contributed by atoms with Crippen LogP contribution >= 0.6 is 0 Å². The molecule has 0 fully saturated rings. The van der Waals surface area contributed by atoms with E-state index >= 15 is 0 Å². The van der Waals surface area contributed by atoms with Gasteiger partial charge in [0.2, 0.25) is 0 Å². The van der Waals surface area contributed by atoms with Gasteiger partial charge in [0, 0.05) is 0 Å². The maximum atomic E-state index is 11.6. The van der Waals surface area contributed by atoms with Gasteiger partial charge in [0.15, 0.2) is 5.69 Å². The molecule has 0 atom stereocenters. The van der Waals surface area contributed by atoms with Gasteiger partial charge >= 0.3 is 12.1 Å². The highest BCUT2D eigenvalue weighted by atomic mass is 16.5. The highest BCUT2D eigenvalue weighted by Crippen LogP contribution is 2.17. The van der Waals surface area contributed by atoms with E-state index in [9.17, 15) is 14.4 Å². The molecule has 2 N–H and O–H groups in total. The number of rotatable bonds is 5. The first-order valence-corrected chi connectivity index (χ1v) is 6.00. The van der Waals surface area contributed by atoms with Crippen LogP contribution in [0.5, 0.6) is 0 Å². The van der Waals surface area contributed by atoms with Gasteiger partial charge in [0.1, 0.15) is 6.54 Å². The fraction of sp³-hybridized carbons (Fsp3) is 0.545. The van der Waals surface area contributed by atoms with Crippen LogP contribution in [-0.2, 0) is 16.1 Å². The predicted octanol–water partition coefficient (Wildman–Crippen LogP) is 0.372. The van der Waals surface area contributed by atoms with Crippen LogP contribution in [0.3, 0.4) is 0 Å². The molecule has 0 aliphatic carbocycles. The Labute approximate surface area is 114 Å². The molecule has 0 bridgehead atoms. The fourth-order valence-electron chi connectivity index (χ4n) is 1.62. The number of nitrogens with one attached hydrogen (secondary N) is 1. The Balaban J connectivity index is 2.85. The number of hydrogen-bond acceptors (Lipinski definition) is 6. The summed E-state index contributed by atoms with van der Waals surface area (Å²) in [5.41, 5.74) is 0.112. The van der Waals surface area contributed by atoms with Crippen LogP contribution < -0.4 is 5.32 Å². The Morgan fingerprint density at radius 1 is 1.40 bits per heavy atom. The fourth-order valence-corrected chi connectivity index (χ4v) is 1.62. The van der Waals surface area contributed by atoms with Crippen molar-refractivity contribution < 1.29 is 24.2 Å². The van der Waals surface area contributed by atoms with E-state index in [1.807, 2.05) is 5.32 Å². The van der Waals surface area contributed by atoms with Crippen molar-refractivity contribution in [2.75, 3.05) is 6.61 Å². The number of imide groups is 1. The highest BCUT2D eigenvalue weighted by Gasteiger charge is 2.23. The summed E-state index contributed by atoms with van der Waals surface area (Å²) in [6, 6.07) is 0. The van der Waals surface area contributed by atoms with E-state index in [4.69, 9.17) is 5.11 Å². The number of carboxylic acid groups (broad SMARTS) is 1. The van der Waals surface area contributed by atoms with E-state index in [0.717, 1.165) is 4.68 Å². The molecular formula is C11H16N4O5.